The Morgan fingerprint density at radius 1 is 1.14 bits per heavy atom. The molecule has 2 aliphatic carbocycles. The number of rotatable bonds is 3. The van der Waals surface area contributed by atoms with Crippen LogP contribution in [0.1, 0.15) is 19.8 Å². The summed E-state index contributed by atoms with van der Waals surface area (Å²) in [5.41, 5.74) is 3.80. The SMILES string of the molecule is C=C1C=CC(COC(=O)C(=O)O/C=C2/C=CC(C)=CC2)=CC1. The Hall–Kier alpha value is -2.62. The van der Waals surface area contributed by atoms with Crippen molar-refractivity contribution in [3.63, 3.8) is 0 Å². The van der Waals surface area contributed by atoms with E-state index in [1.54, 1.807) is 0 Å². The largest absolute Gasteiger partial charge is 0.452 e. The molecule has 0 fully saturated rings. The maximum Gasteiger partial charge on any atom is 0.422 e. The monoisotopic (exact) mass is 298 g/mol. The van der Waals surface area contributed by atoms with E-state index in [4.69, 9.17) is 9.47 Å². The smallest absolute Gasteiger partial charge is 0.422 e. The summed E-state index contributed by atoms with van der Waals surface area (Å²) in [6.07, 6.45) is 14.0. The second kappa shape index (κ2) is 7.41. The van der Waals surface area contributed by atoms with Gasteiger partial charge in [-0.25, -0.2) is 9.59 Å². The van der Waals surface area contributed by atoms with Gasteiger partial charge in [0.2, 0.25) is 0 Å². The zero-order valence-electron chi connectivity index (χ0n) is 12.5. The van der Waals surface area contributed by atoms with Crippen molar-refractivity contribution in [3.05, 3.63) is 71.6 Å². The first kappa shape index (κ1) is 15.8. The highest BCUT2D eigenvalue weighted by atomic mass is 16.6. The number of hydrogen-bond acceptors (Lipinski definition) is 4. The second-order valence-corrected chi connectivity index (χ2v) is 5.13. The van der Waals surface area contributed by atoms with E-state index in [0.29, 0.717) is 6.42 Å². The Labute approximate surface area is 129 Å². The van der Waals surface area contributed by atoms with Crippen LogP contribution in [-0.4, -0.2) is 18.5 Å². The van der Waals surface area contributed by atoms with Gasteiger partial charge >= 0.3 is 11.9 Å². The van der Waals surface area contributed by atoms with Gasteiger partial charge in [0, 0.05) is 0 Å². The summed E-state index contributed by atoms with van der Waals surface area (Å²) in [5.74, 6) is -2.01. The summed E-state index contributed by atoms with van der Waals surface area (Å²) in [6, 6.07) is 0. The van der Waals surface area contributed by atoms with E-state index in [-0.39, 0.29) is 6.61 Å². The third kappa shape index (κ3) is 4.74. The molecule has 0 aromatic heterocycles. The van der Waals surface area contributed by atoms with E-state index >= 15 is 0 Å². The Morgan fingerprint density at radius 2 is 1.95 bits per heavy atom. The number of allylic oxidation sites excluding steroid dienone is 8. The normalized spacial score (nSPS) is 18.8. The zero-order valence-corrected chi connectivity index (χ0v) is 12.5. The second-order valence-electron chi connectivity index (χ2n) is 5.13. The molecule has 0 bridgehead atoms. The molecule has 2 rings (SSSR count). The van der Waals surface area contributed by atoms with Crippen LogP contribution in [0, 0.1) is 0 Å². The minimum absolute atomic E-state index is 0.0517. The molecule has 0 spiro atoms. The highest BCUT2D eigenvalue weighted by Crippen LogP contribution is 2.15. The number of ether oxygens (including phenoxy) is 2. The number of carbonyl (C=O) groups is 2. The van der Waals surface area contributed by atoms with Gasteiger partial charge in [0.05, 0.1) is 6.26 Å². The first-order valence-electron chi connectivity index (χ1n) is 7.01. The Bertz CT molecular complexity index is 642. The molecule has 0 amide bonds. The summed E-state index contributed by atoms with van der Waals surface area (Å²) in [6.45, 7) is 5.85. The molecule has 0 saturated heterocycles. The average Bonchev–Trinajstić information content (AvgIpc) is 2.53. The molecular formula is C18H18O4. The summed E-state index contributed by atoms with van der Waals surface area (Å²) in [7, 11) is 0. The first-order valence-corrected chi connectivity index (χ1v) is 7.01. The molecule has 0 N–H and O–H groups in total. The van der Waals surface area contributed by atoms with Crippen LogP contribution in [0.25, 0.3) is 0 Å². The molecule has 0 atom stereocenters. The van der Waals surface area contributed by atoms with Gasteiger partial charge in [-0.1, -0.05) is 54.2 Å². The highest BCUT2D eigenvalue weighted by Gasteiger charge is 2.17. The lowest BCUT2D eigenvalue weighted by Crippen LogP contribution is -2.19. The van der Waals surface area contributed by atoms with Crippen molar-refractivity contribution >= 4 is 11.9 Å². The van der Waals surface area contributed by atoms with Crippen LogP contribution in [0.3, 0.4) is 0 Å². The zero-order chi connectivity index (χ0) is 15.9. The summed E-state index contributed by atoms with van der Waals surface area (Å²) in [5, 5.41) is 0. The fourth-order valence-electron chi connectivity index (χ4n) is 1.86. The van der Waals surface area contributed by atoms with Gasteiger partial charge in [0.1, 0.15) is 6.61 Å². The number of carbonyl (C=O) groups excluding carboxylic acids is 2. The van der Waals surface area contributed by atoms with E-state index < -0.39 is 11.9 Å². The van der Waals surface area contributed by atoms with E-state index in [1.165, 1.54) is 6.26 Å². The van der Waals surface area contributed by atoms with Gasteiger partial charge < -0.3 is 9.47 Å². The van der Waals surface area contributed by atoms with Crippen molar-refractivity contribution in [1.29, 1.82) is 0 Å². The van der Waals surface area contributed by atoms with Crippen molar-refractivity contribution in [2.24, 2.45) is 0 Å². The van der Waals surface area contributed by atoms with Crippen LogP contribution in [0.15, 0.2) is 71.6 Å². The van der Waals surface area contributed by atoms with Crippen LogP contribution in [0.5, 0.6) is 0 Å². The lowest BCUT2D eigenvalue weighted by atomic mass is 10.0. The van der Waals surface area contributed by atoms with Gasteiger partial charge in [-0.2, -0.15) is 0 Å². The van der Waals surface area contributed by atoms with Crippen molar-refractivity contribution in [1.82, 2.24) is 0 Å². The van der Waals surface area contributed by atoms with Crippen molar-refractivity contribution in [3.8, 4) is 0 Å². The average molecular weight is 298 g/mol. The first-order chi connectivity index (χ1) is 10.5. The van der Waals surface area contributed by atoms with Crippen LogP contribution in [-0.2, 0) is 19.1 Å². The number of esters is 2. The lowest BCUT2D eigenvalue weighted by Gasteiger charge is -2.09. The summed E-state index contributed by atoms with van der Waals surface area (Å²) < 4.78 is 9.74. The molecule has 0 aliphatic heterocycles. The van der Waals surface area contributed by atoms with E-state index in [1.807, 2.05) is 43.4 Å². The van der Waals surface area contributed by atoms with Crippen LogP contribution in [0.2, 0.25) is 0 Å². The van der Waals surface area contributed by atoms with E-state index in [0.717, 1.165) is 28.7 Å². The highest BCUT2D eigenvalue weighted by molar-refractivity contribution is 6.29. The van der Waals surface area contributed by atoms with Crippen molar-refractivity contribution in [2.45, 2.75) is 19.8 Å². The molecule has 114 valence electrons. The van der Waals surface area contributed by atoms with Crippen LogP contribution < -0.4 is 0 Å². The lowest BCUT2D eigenvalue weighted by molar-refractivity contribution is -0.163. The van der Waals surface area contributed by atoms with Gasteiger partial charge in [0.25, 0.3) is 0 Å². The Kier molecular flexibility index (Phi) is 5.31. The quantitative estimate of drug-likeness (QED) is 0.456. The molecule has 22 heavy (non-hydrogen) atoms. The number of hydrogen-bond donors (Lipinski definition) is 0. The maximum atomic E-state index is 11.5. The molecule has 4 heteroatoms. The molecule has 0 aromatic rings. The van der Waals surface area contributed by atoms with Gasteiger partial charge in [0.15, 0.2) is 0 Å². The van der Waals surface area contributed by atoms with E-state index in [9.17, 15) is 9.59 Å². The third-order valence-electron chi connectivity index (χ3n) is 3.23. The Morgan fingerprint density at radius 3 is 2.59 bits per heavy atom. The van der Waals surface area contributed by atoms with Gasteiger partial charge in [-0.05, 0) is 30.9 Å². The fraction of sp³-hybridized carbons (Fsp3) is 0.222. The maximum absolute atomic E-state index is 11.5. The summed E-state index contributed by atoms with van der Waals surface area (Å²) >= 11 is 0. The minimum atomic E-state index is -1.02. The van der Waals surface area contributed by atoms with E-state index in [2.05, 4.69) is 6.58 Å². The molecule has 0 saturated carbocycles. The molecule has 0 heterocycles. The molecule has 0 radical (unpaired) electrons. The predicted molar refractivity (Wildman–Crippen MR) is 83.6 cm³/mol. The van der Waals surface area contributed by atoms with Gasteiger partial charge in [-0.15, -0.1) is 0 Å². The minimum Gasteiger partial charge on any atom is -0.452 e. The van der Waals surface area contributed by atoms with Crippen molar-refractivity contribution < 1.29 is 19.1 Å². The van der Waals surface area contributed by atoms with Crippen LogP contribution >= 0.6 is 0 Å². The molecule has 0 aromatic carbocycles. The van der Waals surface area contributed by atoms with Crippen molar-refractivity contribution in [2.75, 3.05) is 6.61 Å². The Balaban J connectivity index is 1.77. The molecular weight excluding hydrogens is 280 g/mol. The topological polar surface area (TPSA) is 52.6 Å². The molecule has 4 nitrogen and oxygen atoms in total. The molecule has 0 unspecified atom stereocenters. The predicted octanol–water partition coefficient (Wildman–Crippen LogP) is 3.31. The van der Waals surface area contributed by atoms with Gasteiger partial charge in [-0.3, -0.25) is 0 Å². The van der Waals surface area contributed by atoms with Crippen LogP contribution in [0.4, 0.5) is 0 Å². The summed E-state index contributed by atoms with van der Waals surface area (Å²) in [4.78, 5) is 23.1. The fourth-order valence-corrected chi connectivity index (χ4v) is 1.86. The standard InChI is InChI=1S/C18H18O4/c1-13-3-7-15(8-4-13)11-21-17(19)18(20)22-12-16-9-5-14(2)6-10-16/h3,5-9,12H,1,4,10-11H2,2H3/b16-12-. The third-order valence-corrected chi connectivity index (χ3v) is 3.23. The molecule has 2 aliphatic rings.